The number of phenolic OH excluding ortho intramolecular Hbond substituents is 4. The van der Waals surface area contributed by atoms with Crippen LogP contribution in [-0.4, -0.2) is 151 Å². The summed E-state index contributed by atoms with van der Waals surface area (Å²) >= 11 is 0. The molecule has 568 valence electrons. The molecule has 0 bridgehead atoms. The Morgan fingerprint density at radius 2 is 0.407 bits per heavy atom. The Morgan fingerprint density at radius 3 is 0.565 bits per heavy atom. The average molecular weight is 1470 g/mol. The van der Waals surface area contributed by atoms with Crippen LogP contribution in [0.2, 0.25) is 0 Å². The second-order valence-electron chi connectivity index (χ2n) is 25.3. The summed E-state index contributed by atoms with van der Waals surface area (Å²) in [6, 6.07) is 36.7. The number of nitrogens with zero attached hydrogens (tertiary/aromatic N) is 8. The molecule has 8 aromatic rings. The predicted octanol–water partition coefficient (Wildman–Crippen LogP) is 16.6. The van der Waals surface area contributed by atoms with Crippen LogP contribution >= 0.6 is 0 Å². The molecule has 24 nitrogen and oxygen atoms in total. The van der Waals surface area contributed by atoms with Crippen LogP contribution in [0.5, 0.6) is 92.0 Å². The van der Waals surface area contributed by atoms with Gasteiger partial charge in [-0.05, 0) is 197 Å². The van der Waals surface area contributed by atoms with Gasteiger partial charge in [0.1, 0.15) is 22.8 Å². The summed E-state index contributed by atoms with van der Waals surface area (Å²) in [6.45, 7) is 16.3. The quantitative estimate of drug-likeness (QED) is 0.0551. The number of hydrogen-bond donors (Lipinski definition) is 4. The van der Waals surface area contributed by atoms with Crippen molar-refractivity contribution in [1.29, 1.82) is 0 Å². The molecule has 108 heavy (non-hydrogen) atoms. The molecular formula is C84H96N8O16. The third-order valence-electron chi connectivity index (χ3n) is 19.4. The molecular weight excluding hydrogens is 1380 g/mol. The summed E-state index contributed by atoms with van der Waals surface area (Å²) < 4.78 is 64.3. The standard InChI is InChI=1S/4C21H24N2O4/c4*1-6-14-12(2)22-23-21(13-7-8-18(25-3)20(9-13)27-5)16-10-17(24)19(26-4)11-15(14)16/h4*7-11,14,24H,6H2,1-5H3/t4*14-/m1100/s1. The van der Waals surface area contributed by atoms with Crippen LogP contribution in [0, 0.1) is 0 Å². The van der Waals surface area contributed by atoms with Gasteiger partial charge >= 0.3 is 0 Å². The maximum absolute atomic E-state index is 10.4. The van der Waals surface area contributed by atoms with Crippen molar-refractivity contribution in [2.45, 2.75) is 105 Å². The molecule has 12 rings (SSSR count). The minimum Gasteiger partial charge on any atom is -0.504 e. The van der Waals surface area contributed by atoms with Gasteiger partial charge < -0.3 is 77.3 Å². The maximum atomic E-state index is 10.4. The van der Waals surface area contributed by atoms with E-state index < -0.39 is 0 Å². The van der Waals surface area contributed by atoms with Crippen LogP contribution in [0.3, 0.4) is 0 Å². The highest BCUT2D eigenvalue weighted by Crippen LogP contribution is 2.45. The fraction of sp³-hybridized carbons (Fsp3) is 0.333. The van der Waals surface area contributed by atoms with Crippen molar-refractivity contribution in [3.05, 3.63) is 188 Å². The Labute approximate surface area is 631 Å². The van der Waals surface area contributed by atoms with Crippen LogP contribution in [-0.2, 0) is 0 Å². The van der Waals surface area contributed by atoms with Crippen molar-refractivity contribution in [2.75, 3.05) is 85.3 Å². The number of aromatic hydroxyl groups is 4. The van der Waals surface area contributed by atoms with E-state index in [0.29, 0.717) is 91.8 Å². The first-order chi connectivity index (χ1) is 52.1. The normalized spacial score (nSPS) is 16.0. The number of fused-ring (bicyclic) bond motifs is 4. The molecule has 4 aliphatic heterocycles. The van der Waals surface area contributed by atoms with E-state index in [4.69, 9.17) is 56.8 Å². The van der Waals surface area contributed by atoms with Gasteiger partial charge in [0.25, 0.3) is 0 Å². The molecule has 0 amide bonds. The van der Waals surface area contributed by atoms with E-state index in [2.05, 4.69) is 68.5 Å². The maximum Gasteiger partial charge on any atom is 0.161 e. The Morgan fingerprint density at radius 1 is 0.231 bits per heavy atom. The number of rotatable bonds is 20. The lowest BCUT2D eigenvalue weighted by atomic mass is 9.85. The zero-order chi connectivity index (χ0) is 78.2. The first-order valence-corrected chi connectivity index (χ1v) is 35.2. The molecule has 4 aliphatic rings. The Bertz CT molecular complexity index is 4280. The summed E-state index contributed by atoms with van der Waals surface area (Å²) in [7, 11) is 18.9. The second-order valence-corrected chi connectivity index (χ2v) is 25.3. The Kier molecular flexibility index (Phi) is 26.9. The summed E-state index contributed by atoms with van der Waals surface area (Å²) in [5.74, 6) is 7.38. The van der Waals surface area contributed by atoms with E-state index in [1.54, 1.807) is 110 Å². The number of phenols is 4. The largest absolute Gasteiger partial charge is 0.504 e. The predicted molar refractivity (Wildman–Crippen MR) is 424 cm³/mol. The molecule has 4 N–H and O–H groups in total. The van der Waals surface area contributed by atoms with E-state index in [-0.39, 0.29) is 46.7 Å². The lowest BCUT2D eigenvalue weighted by molar-refractivity contribution is 0.355. The minimum absolute atomic E-state index is 0.0684. The monoisotopic (exact) mass is 1470 g/mol. The van der Waals surface area contributed by atoms with Gasteiger partial charge in [-0.15, -0.1) is 20.4 Å². The molecule has 0 aliphatic carbocycles. The number of methoxy groups -OCH3 is 12. The molecule has 4 heterocycles. The molecule has 0 radical (unpaired) electrons. The second kappa shape index (κ2) is 36.3. The summed E-state index contributed by atoms with van der Waals surface area (Å²) in [5, 5.41) is 77.2. The average Bonchev–Trinajstić information content (AvgIpc) is 1.48. The summed E-state index contributed by atoms with van der Waals surface area (Å²) in [6.07, 6.45) is 3.46. The molecule has 0 spiro atoms. The Hall–Kier alpha value is -12.1. The number of benzene rings is 8. The van der Waals surface area contributed by atoms with E-state index in [1.165, 1.54) is 0 Å². The van der Waals surface area contributed by atoms with Crippen molar-refractivity contribution < 1.29 is 77.3 Å². The van der Waals surface area contributed by atoms with Gasteiger partial charge in [-0.25, -0.2) is 0 Å². The lowest BCUT2D eigenvalue weighted by Crippen LogP contribution is -2.12. The van der Waals surface area contributed by atoms with Crippen molar-refractivity contribution in [3.8, 4) is 92.0 Å². The molecule has 8 aromatic carbocycles. The van der Waals surface area contributed by atoms with Crippen molar-refractivity contribution >= 4 is 45.7 Å². The smallest absolute Gasteiger partial charge is 0.161 e. The number of hydrogen-bond acceptors (Lipinski definition) is 24. The van der Waals surface area contributed by atoms with Gasteiger partial charge in [0.15, 0.2) is 92.0 Å². The van der Waals surface area contributed by atoms with Crippen LogP contribution in [0.25, 0.3) is 0 Å². The molecule has 0 saturated heterocycles. The molecule has 0 aromatic heterocycles. The highest BCUT2D eigenvalue weighted by Gasteiger charge is 2.32. The van der Waals surface area contributed by atoms with E-state index in [0.717, 1.165) is 115 Å². The fourth-order valence-corrected chi connectivity index (χ4v) is 13.7. The molecule has 24 heteroatoms. The fourth-order valence-electron chi connectivity index (χ4n) is 13.7. The van der Waals surface area contributed by atoms with Crippen LogP contribution in [0.15, 0.2) is 162 Å². The highest BCUT2D eigenvalue weighted by molar-refractivity contribution is 6.19. The van der Waals surface area contributed by atoms with Crippen LogP contribution < -0.4 is 56.8 Å². The summed E-state index contributed by atoms with van der Waals surface area (Å²) in [5.41, 5.74) is 17.1. The van der Waals surface area contributed by atoms with E-state index in [9.17, 15) is 20.4 Å². The van der Waals surface area contributed by atoms with Gasteiger partial charge in [0, 0.05) is 91.0 Å². The summed E-state index contributed by atoms with van der Waals surface area (Å²) in [4.78, 5) is 0. The molecule has 4 atom stereocenters. The first-order valence-electron chi connectivity index (χ1n) is 35.2. The lowest BCUT2D eigenvalue weighted by Gasteiger charge is -2.19. The molecule has 0 fully saturated rings. The van der Waals surface area contributed by atoms with Crippen LogP contribution in [0.4, 0.5) is 0 Å². The van der Waals surface area contributed by atoms with Gasteiger partial charge in [0.2, 0.25) is 0 Å². The zero-order valence-electron chi connectivity index (χ0n) is 65.0. The van der Waals surface area contributed by atoms with Gasteiger partial charge in [0.05, 0.1) is 85.3 Å². The Balaban J connectivity index is 0.000000166. The topological polar surface area (TPSA) is 291 Å². The van der Waals surface area contributed by atoms with Gasteiger partial charge in [-0.2, -0.15) is 20.4 Å². The highest BCUT2D eigenvalue weighted by atomic mass is 16.5. The van der Waals surface area contributed by atoms with Gasteiger partial charge in [-0.3, -0.25) is 0 Å². The van der Waals surface area contributed by atoms with Crippen molar-refractivity contribution in [1.82, 2.24) is 0 Å². The molecule has 0 unspecified atom stereocenters. The first kappa shape index (κ1) is 80.0. The third-order valence-corrected chi connectivity index (χ3v) is 19.4. The molecule has 0 saturated carbocycles. The minimum atomic E-state index is 0.0684. The van der Waals surface area contributed by atoms with E-state index >= 15 is 0 Å². The van der Waals surface area contributed by atoms with Crippen molar-refractivity contribution in [2.24, 2.45) is 40.8 Å². The van der Waals surface area contributed by atoms with E-state index in [1.807, 2.05) is 125 Å². The van der Waals surface area contributed by atoms with Gasteiger partial charge in [-0.1, -0.05) is 27.7 Å². The number of ether oxygens (including phenoxy) is 12. The third kappa shape index (κ3) is 16.8. The SMILES string of the molecule is CC[C@@H]1C(C)=NN=C(c2ccc(OC)c(OC)c2)c2cc(O)c(OC)cc21.CC[C@@H]1C(C)=NN=C(c2ccc(OC)c(OC)c2)c2cc(O)c(OC)cc21.CC[C@H]1C(C)=NN=C(c2ccc(OC)c(OC)c2)c2cc(O)c(OC)cc21.CC[C@H]1C(C)=NN=C(c2ccc(OC)c(OC)c2)c2cc(O)c(OC)cc21. The van der Waals surface area contributed by atoms with Crippen molar-refractivity contribution in [3.63, 3.8) is 0 Å². The van der Waals surface area contributed by atoms with Crippen LogP contribution in [0.1, 0.15) is 172 Å². The zero-order valence-corrected chi connectivity index (χ0v) is 65.0.